The van der Waals surface area contributed by atoms with E-state index >= 15 is 0 Å². The molecule has 0 radical (unpaired) electrons. The van der Waals surface area contributed by atoms with Crippen molar-refractivity contribution in [3.8, 4) is 0 Å². The predicted octanol–water partition coefficient (Wildman–Crippen LogP) is 2.01. The van der Waals surface area contributed by atoms with Gasteiger partial charge in [0.1, 0.15) is 0 Å². The van der Waals surface area contributed by atoms with Crippen LogP contribution in [-0.2, 0) is 9.59 Å². The number of amides is 1. The number of rotatable bonds is 4. The third kappa shape index (κ3) is 4.04. The summed E-state index contributed by atoms with van der Waals surface area (Å²) >= 11 is 0. The number of nitrogens with zero attached hydrogens (tertiary/aromatic N) is 3. The topological polar surface area (TPSA) is 73.7 Å². The molecule has 1 aromatic heterocycles. The maximum absolute atomic E-state index is 12.7. The van der Waals surface area contributed by atoms with Crippen LogP contribution in [-0.4, -0.2) is 53.0 Å². The average molecular weight is 331 g/mol. The third-order valence-electron chi connectivity index (χ3n) is 5.28. The average Bonchev–Trinajstić information content (AvgIpc) is 2.62. The van der Waals surface area contributed by atoms with E-state index in [1.165, 1.54) is 0 Å². The second-order valence-electron chi connectivity index (χ2n) is 6.83. The van der Waals surface area contributed by atoms with Crippen molar-refractivity contribution >= 4 is 17.6 Å². The molecule has 3 rings (SSSR count). The van der Waals surface area contributed by atoms with Gasteiger partial charge in [0.2, 0.25) is 5.91 Å². The number of carboxylic acid groups (broad SMARTS) is 1. The minimum Gasteiger partial charge on any atom is -0.481 e. The number of carbonyl (C=O) groups is 2. The lowest BCUT2D eigenvalue weighted by Gasteiger charge is -2.38. The zero-order valence-electron chi connectivity index (χ0n) is 13.9. The van der Waals surface area contributed by atoms with Gasteiger partial charge in [-0.25, -0.2) is 0 Å². The molecule has 6 heteroatoms. The van der Waals surface area contributed by atoms with Crippen molar-refractivity contribution in [2.24, 2.45) is 11.8 Å². The van der Waals surface area contributed by atoms with Crippen LogP contribution < -0.4 is 4.90 Å². The Balaban J connectivity index is 1.47. The van der Waals surface area contributed by atoms with Gasteiger partial charge >= 0.3 is 5.97 Å². The van der Waals surface area contributed by atoms with Crippen LogP contribution in [0.15, 0.2) is 24.5 Å². The Kier molecular flexibility index (Phi) is 5.33. The largest absolute Gasteiger partial charge is 0.481 e. The lowest BCUT2D eigenvalue weighted by Crippen LogP contribution is -2.50. The Morgan fingerprint density at radius 1 is 1.04 bits per heavy atom. The van der Waals surface area contributed by atoms with Crippen LogP contribution in [0, 0.1) is 11.8 Å². The van der Waals surface area contributed by atoms with E-state index in [1.54, 1.807) is 12.4 Å². The summed E-state index contributed by atoms with van der Waals surface area (Å²) < 4.78 is 0. The van der Waals surface area contributed by atoms with Crippen LogP contribution in [0.1, 0.15) is 32.1 Å². The number of carboxylic acids is 1. The molecule has 1 amide bonds. The number of pyridine rings is 1. The second-order valence-corrected chi connectivity index (χ2v) is 6.83. The fourth-order valence-electron chi connectivity index (χ4n) is 3.86. The number of hydrogen-bond acceptors (Lipinski definition) is 4. The first-order valence-electron chi connectivity index (χ1n) is 8.79. The fourth-order valence-corrected chi connectivity index (χ4v) is 3.86. The van der Waals surface area contributed by atoms with Crippen molar-refractivity contribution in [2.75, 3.05) is 31.1 Å². The van der Waals surface area contributed by atoms with E-state index in [9.17, 15) is 9.59 Å². The number of hydrogen-bond donors (Lipinski definition) is 1. The molecule has 0 spiro atoms. The minimum absolute atomic E-state index is 0.0857. The van der Waals surface area contributed by atoms with E-state index in [1.807, 2.05) is 17.0 Å². The summed E-state index contributed by atoms with van der Waals surface area (Å²) in [5.74, 6) is -0.132. The summed E-state index contributed by atoms with van der Waals surface area (Å²) in [5.41, 5.74) is 1.16. The molecule has 0 bridgehead atoms. The number of aromatic nitrogens is 1. The molecule has 0 unspecified atom stereocenters. The van der Waals surface area contributed by atoms with Crippen molar-refractivity contribution in [1.29, 1.82) is 0 Å². The maximum Gasteiger partial charge on any atom is 0.303 e. The SMILES string of the molecule is O=C(O)CC1CCC(C(=O)N2CCN(c3ccncc3)CC2)CC1. The zero-order valence-corrected chi connectivity index (χ0v) is 13.9. The Hall–Kier alpha value is -2.11. The van der Waals surface area contributed by atoms with E-state index in [0.717, 1.165) is 57.5 Å². The van der Waals surface area contributed by atoms with Crippen LogP contribution >= 0.6 is 0 Å². The molecule has 24 heavy (non-hydrogen) atoms. The normalized spacial score (nSPS) is 24.7. The van der Waals surface area contributed by atoms with E-state index < -0.39 is 5.97 Å². The molecule has 2 heterocycles. The van der Waals surface area contributed by atoms with Crippen LogP contribution in [0.4, 0.5) is 5.69 Å². The van der Waals surface area contributed by atoms with Gasteiger partial charge in [-0.15, -0.1) is 0 Å². The Bertz CT molecular complexity index is 562. The highest BCUT2D eigenvalue weighted by atomic mass is 16.4. The fraction of sp³-hybridized carbons (Fsp3) is 0.611. The molecular weight excluding hydrogens is 306 g/mol. The highest BCUT2D eigenvalue weighted by Gasteiger charge is 2.31. The first-order chi connectivity index (χ1) is 11.6. The van der Waals surface area contributed by atoms with Crippen molar-refractivity contribution in [2.45, 2.75) is 32.1 Å². The van der Waals surface area contributed by atoms with Crippen LogP contribution in [0.3, 0.4) is 0 Å². The Labute approximate surface area is 142 Å². The third-order valence-corrected chi connectivity index (χ3v) is 5.28. The number of anilines is 1. The van der Waals surface area contributed by atoms with Crippen LogP contribution in [0.5, 0.6) is 0 Å². The quantitative estimate of drug-likeness (QED) is 0.913. The number of carbonyl (C=O) groups excluding carboxylic acids is 1. The molecular formula is C18H25N3O3. The van der Waals surface area contributed by atoms with Crippen molar-refractivity contribution < 1.29 is 14.7 Å². The van der Waals surface area contributed by atoms with E-state index in [2.05, 4.69) is 9.88 Å². The molecule has 1 saturated heterocycles. The molecule has 1 aliphatic heterocycles. The molecule has 2 fully saturated rings. The van der Waals surface area contributed by atoms with Gasteiger partial charge in [-0.1, -0.05) is 0 Å². The lowest BCUT2D eigenvalue weighted by molar-refractivity contribution is -0.139. The van der Waals surface area contributed by atoms with E-state index in [-0.39, 0.29) is 24.2 Å². The van der Waals surface area contributed by atoms with Gasteiger partial charge in [0.15, 0.2) is 0 Å². The summed E-state index contributed by atoms with van der Waals surface area (Å²) in [6.45, 7) is 3.22. The van der Waals surface area contributed by atoms with Crippen molar-refractivity contribution in [3.63, 3.8) is 0 Å². The standard InChI is InChI=1S/C18H25N3O3/c22-17(23)13-14-1-3-15(4-2-14)18(24)21-11-9-20(10-12-21)16-5-7-19-8-6-16/h5-8,14-15H,1-4,9-13H2,(H,22,23). The summed E-state index contributed by atoms with van der Waals surface area (Å²) in [6, 6.07) is 4.00. The molecule has 1 aromatic rings. The van der Waals surface area contributed by atoms with Gasteiger partial charge in [-0.2, -0.15) is 0 Å². The number of piperazine rings is 1. The highest BCUT2D eigenvalue weighted by Crippen LogP contribution is 2.32. The van der Waals surface area contributed by atoms with Gasteiger partial charge in [0.25, 0.3) is 0 Å². The van der Waals surface area contributed by atoms with Crippen LogP contribution in [0.2, 0.25) is 0 Å². The maximum atomic E-state index is 12.7. The summed E-state index contributed by atoms with van der Waals surface area (Å²) in [6.07, 6.45) is 7.22. The summed E-state index contributed by atoms with van der Waals surface area (Å²) in [5, 5.41) is 8.88. The van der Waals surface area contributed by atoms with Gasteiger partial charge < -0.3 is 14.9 Å². The molecule has 0 aromatic carbocycles. The molecule has 1 N–H and O–H groups in total. The second kappa shape index (κ2) is 7.64. The van der Waals surface area contributed by atoms with Gasteiger partial charge in [0, 0.05) is 56.6 Å². The first kappa shape index (κ1) is 16.7. The van der Waals surface area contributed by atoms with Gasteiger partial charge in [-0.05, 0) is 43.7 Å². The zero-order chi connectivity index (χ0) is 16.9. The Morgan fingerprint density at radius 3 is 2.25 bits per heavy atom. The monoisotopic (exact) mass is 331 g/mol. The molecule has 130 valence electrons. The van der Waals surface area contributed by atoms with Gasteiger partial charge in [-0.3, -0.25) is 14.6 Å². The van der Waals surface area contributed by atoms with Gasteiger partial charge in [0.05, 0.1) is 0 Å². The van der Waals surface area contributed by atoms with Crippen molar-refractivity contribution in [1.82, 2.24) is 9.88 Å². The van der Waals surface area contributed by atoms with E-state index in [0.29, 0.717) is 0 Å². The van der Waals surface area contributed by atoms with E-state index in [4.69, 9.17) is 5.11 Å². The minimum atomic E-state index is -0.725. The molecule has 6 nitrogen and oxygen atoms in total. The summed E-state index contributed by atoms with van der Waals surface area (Å²) in [4.78, 5) is 31.8. The molecule has 1 aliphatic carbocycles. The molecule has 1 saturated carbocycles. The Morgan fingerprint density at radius 2 is 1.67 bits per heavy atom. The van der Waals surface area contributed by atoms with Crippen LogP contribution in [0.25, 0.3) is 0 Å². The smallest absolute Gasteiger partial charge is 0.303 e. The first-order valence-corrected chi connectivity index (χ1v) is 8.79. The lowest BCUT2D eigenvalue weighted by atomic mass is 9.80. The summed E-state index contributed by atoms with van der Waals surface area (Å²) in [7, 11) is 0. The molecule has 2 aliphatic rings. The predicted molar refractivity (Wildman–Crippen MR) is 90.7 cm³/mol. The number of aliphatic carboxylic acids is 1. The van der Waals surface area contributed by atoms with Crippen molar-refractivity contribution in [3.05, 3.63) is 24.5 Å². The molecule has 0 atom stereocenters. The highest BCUT2D eigenvalue weighted by molar-refractivity contribution is 5.79.